The Balaban J connectivity index is 1.73. The average Bonchev–Trinajstić information content (AvgIpc) is 3.02. The van der Waals surface area contributed by atoms with Crippen molar-refractivity contribution in [2.45, 2.75) is 13.8 Å². The second-order valence-electron chi connectivity index (χ2n) is 6.15. The Labute approximate surface area is 172 Å². The SMILES string of the molecule is COc1ccc([N+](=O)[O-])cc1NC(=O)COC(=O)c1sc2nc(C)[nH]c(=O)c2c1C. The van der Waals surface area contributed by atoms with Crippen molar-refractivity contribution in [3.05, 3.63) is 54.9 Å². The summed E-state index contributed by atoms with van der Waals surface area (Å²) in [5.41, 5.74) is -0.121. The van der Waals surface area contributed by atoms with Crippen LogP contribution in [0.15, 0.2) is 23.0 Å². The van der Waals surface area contributed by atoms with Crippen LogP contribution in [0.4, 0.5) is 11.4 Å². The minimum absolute atomic E-state index is 0.0667. The molecule has 0 unspecified atom stereocenters. The number of rotatable bonds is 6. The quantitative estimate of drug-likeness (QED) is 0.342. The molecule has 30 heavy (non-hydrogen) atoms. The molecule has 1 amide bonds. The number of aromatic amines is 1. The molecular formula is C18H16N4O7S. The molecule has 0 aliphatic carbocycles. The largest absolute Gasteiger partial charge is 0.495 e. The molecular weight excluding hydrogens is 416 g/mol. The zero-order chi connectivity index (χ0) is 22.0. The Morgan fingerprint density at radius 1 is 1.33 bits per heavy atom. The number of esters is 1. The third-order valence-corrected chi connectivity index (χ3v) is 5.27. The van der Waals surface area contributed by atoms with Crippen LogP contribution in [0.25, 0.3) is 10.2 Å². The van der Waals surface area contributed by atoms with Gasteiger partial charge in [-0.2, -0.15) is 0 Å². The third-order valence-electron chi connectivity index (χ3n) is 4.11. The fourth-order valence-electron chi connectivity index (χ4n) is 2.74. The van der Waals surface area contributed by atoms with Gasteiger partial charge in [-0.05, 0) is 25.5 Å². The summed E-state index contributed by atoms with van der Waals surface area (Å²) in [6.45, 7) is 2.58. The van der Waals surface area contributed by atoms with Crippen molar-refractivity contribution in [2.75, 3.05) is 19.0 Å². The van der Waals surface area contributed by atoms with Gasteiger partial charge >= 0.3 is 5.97 Å². The highest BCUT2D eigenvalue weighted by molar-refractivity contribution is 7.20. The van der Waals surface area contributed by atoms with Crippen molar-refractivity contribution >= 4 is 44.8 Å². The van der Waals surface area contributed by atoms with E-state index in [0.717, 1.165) is 17.4 Å². The summed E-state index contributed by atoms with van der Waals surface area (Å²) in [5, 5.41) is 13.6. The number of carbonyl (C=O) groups excluding carboxylic acids is 2. The lowest BCUT2D eigenvalue weighted by Crippen LogP contribution is -2.21. The molecule has 0 radical (unpaired) electrons. The smallest absolute Gasteiger partial charge is 0.349 e. The third kappa shape index (κ3) is 4.12. The van der Waals surface area contributed by atoms with Crippen molar-refractivity contribution < 1.29 is 24.0 Å². The maximum atomic E-state index is 12.4. The summed E-state index contributed by atoms with van der Waals surface area (Å²) in [5.74, 6) is -0.873. The normalized spacial score (nSPS) is 10.6. The number of thiophene rings is 1. The highest BCUT2D eigenvalue weighted by Crippen LogP contribution is 2.29. The molecule has 2 heterocycles. The molecule has 1 aromatic carbocycles. The van der Waals surface area contributed by atoms with Gasteiger partial charge in [0.05, 0.1) is 23.1 Å². The van der Waals surface area contributed by atoms with E-state index < -0.39 is 23.4 Å². The predicted octanol–water partition coefficient (Wildman–Crippen LogP) is 2.31. The van der Waals surface area contributed by atoms with E-state index >= 15 is 0 Å². The molecule has 11 nitrogen and oxygen atoms in total. The second kappa shape index (κ2) is 8.29. The predicted molar refractivity (Wildman–Crippen MR) is 108 cm³/mol. The summed E-state index contributed by atoms with van der Waals surface area (Å²) in [6.07, 6.45) is 0. The molecule has 3 rings (SSSR count). The number of nitrogens with one attached hydrogen (secondary N) is 2. The number of non-ortho nitro benzene ring substituents is 1. The summed E-state index contributed by atoms with van der Waals surface area (Å²) in [6, 6.07) is 3.71. The van der Waals surface area contributed by atoms with Crippen molar-refractivity contribution in [1.82, 2.24) is 9.97 Å². The van der Waals surface area contributed by atoms with Crippen molar-refractivity contribution in [1.29, 1.82) is 0 Å². The Bertz CT molecular complexity index is 1230. The first-order valence-corrected chi connectivity index (χ1v) is 9.32. The number of nitro groups is 1. The van der Waals surface area contributed by atoms with Crippen LogP contribution in [-0.2, 0) is 9.53 Å². The highest BCUT2D eigenvalue weighted by Gasteiger charge is 2.21. The van der Waals surface area contributed by atoms with E-state index in [0.29, 0.717) is 21.6 Å². The van der Waals surface area contributed by atoms with Crippen LogP contribution >= 0.6 is 11.3 Å². The van der Waals surface area contributed by atoms with Gasteiger partial charge in [-0.1, -0.05) is 0 Å². The standard InChI is InChI=1S/C18H16N4O7S/c1-8-14-16(24)19-9(2)20-17(14)30-15(8)18(25)29-7-13(23)21-11-6-10(22(26)27)4-5-12(11)28-3/h4-6H,7H2,1-3H3,(H,21,23)(H,19,20,24). The number of methoxy groups -OCH3 is 1. The number of ether oxygens (including phenoxy) is 2. The van der Waals surface area contributed by atoms with E-state index in [4.69, 9.17) is 9.47 Å². The average molecular weight is 432 g/mol. The number of benzene rings is 1. The Morgan fingerprint density at radius 3 is 2.73 bits per heavy atom. The number of anilines is 1. The molecule has 156 valence electrons. The Kier molecular flexibility index (Phi) is 5.78. The molecule has 12 heteroatoms. The van der Waals surface area contributed by atoms with Crippen molar-refractivity contribution in [3.63, 3.8) is 0 Å². The molecule has 2 N–H and O–H groups in total. The number of amides is 1. The first kappa shape index (κ1) is 20.9. The number of H-pyrrole nitrogens is 1. The molecule has 0 atom stereocenters. The number of nitro benzene ring substituents is 1. The lowest BCUT2D eigenvalue weighted by Gasteiger charge is -2.10. The van der Waals surface area contributed by atoms with E-state index in [1.807, 2.05) is 0 Å². The molecule has 0 aliphatic rings. The summed E-state index contributed by atoms with van der Waals surface area (Å²) >= 11 is 0.995. The first-order valence-electron chi connectivity index (χ1n) is 8.50. The highest BCUT2D eigenvalue weighted by atomic mass is 32.1. The zero-order valence-electron chi connectivity index (χ0n) is 16.1. The van der Waals surface area contributed by atoms with Crippen LogP contribution in [0.2, 0.25) is 0 Å². The topological polar surface area (TPSA) is 154 Å². The van der Waals surface area contributed by atoms with Crippen LogP contribution in [0.1, 0.15) is 21.1 Å². The van der Waals surface area contributed by atoms with Crippen LogP contribution in [0, 0.1) is 24.0 Å². The monoisotopic (exact) mass is 432 g/mol. The minimum atomic E-state index is -0.784. The molecule has 0 bridgehead atoms. The minimum Gasteiger partial charge on any atom is -0.495 e. The second-order valence-corrected chi connectivity index (χ2v) is 7.15. The van der Waals surface area contributed by atoms with Gasteiger partial charge in [-0.25, -0.2) is 9.78 Å². The number of carbonyl (C=O) groups is 2. The molecule has 0 spiro atoms. The molecule has 3 aromatic rings. The van der Waals surface area contributed by atoms with Gasteiger partial charge in [0.25, 0.3) is 17.2 Å². The first-order chi connectivity index (χ1) is 14.2. The number of aryl methyl sites for hydroxylation is 2. The van der Waals surface area contributed by atoms with E-state index in [1.54, 1.807) is 13.8 Å². The maximum Gasteiger partial charge on any atom is 0.349 e. The van der Waals surface area contributed by atoms with Gasteiger partial charge < -0.3 is 19.8 Å². The van der Waals surface area contributed by atoms with Gasteiger partial charge in [0, 0.05) is 12.1 Å². The van der Waals surface area contributed by atoms with E-state index in [9.17, 15) is 24.5 Å². The molecule has 0 aliphatic heterocycles. The van der Waals surface area contributed by atoms with Crippen LogP contribution in [0.5, 0.6) is 5.75 Å². The van der Waals surface area contributed by atoms with Gasteiger partial charge in [-0.15, -0.1) is 11.3 Å². The summed E-state index contributed by atoms with van der Waals surface area (Å²) in [7, 11) is 1.35. The van der Waals surface area contributed by atoms with Gasteiger partial charge in [0.2, 0.25) is 0 Å². The number of fused-ring (bicyclic) bond motifs is 1. The number of hydrogen-bond donors (Lipinski definition) is 2. The van der Waals surface area contributed by atoms with E-state index in [-0.39, 0.29) is 27.6 Å². The fourth-order valence-corrected chi connectivity index (χ4v) is 3.86. The van der Waals surface area contributed by atoms with E-state index in [2.05, 4.69) is 15.3 Å². The molecule has 2 aromatic heterocycles. The van der Waals surface area contributed by atoms with Crippen molar-refractivity contribution in [2.24, 2.45) is 0 Å². The number of hydrogen-bond acceptors (Lipinski definition) is 9. The van der Waals surface area contributed by atoms with Gasteiger partial charge in [-0.3, -0.25) is 19.7 Å². The number of aromatic nitrogens is 2. The molecule has 0 saturated carbocycles. The lowest BCUT2D eigenvalue weighted by molar-refractivity contribution is -0.384. The van der Waals surface area contributed by atoms with Gasteiger partial charge in [0.15, 0.2) is 6.61 Å². The maximum absolute atomic E-state index is 12.4. The fraction of sp³-hybridized carbons (Fsp3) is 0.222. The van der Waals surface area contributed by atoms with Crippen LogP contribution in [-0.4, -0.2) is 40.5 Å². The van der Waals surface area contributed by atoms with Crippen molar-refractivity contribution in [3.8, 4) is 5.75 Å². The van der Waals surface area contributed by atoms with Crippen LogP contribution in [0.3, 0.4) is 0 Å². The Hall–Kier alpha value is -3.80. The van der Waals surface area contributed by atoms with Crippen LogP contribution < -0.4 is 15.6 Å². The molecule has 0 fully saturated rings. The summed E-state index contributed by atoms with van der Waals surface area (Å²) < 4.78 is 10.1. The van der Waals surface area contributed by atoms with E-state index in [1.165, 1.54) is 19.2 Å². The lowest BCUT2D eigenvalue weighted by atomic mass is 10.2. The number of nitrogens with zero attached hydrogens (tertiary/aromatic N) is 2. The zero-order valence-corrected chi connectivity index (χ0v) is 16.9. The Morgan fingerprint density at radius 2 is 2.07 bits per heavy atom. The summed E-state index contributed by atoms with van der Waals surface area (Å²) in [4.78, 5) is 54.3. The van der Waals surface area contributed by atoms with Gasteiger partial charge in [0.1, 0.15) is 21.3 Å². The molecule has 0 saturated heterocycles.